The van der Waals surface area contributed by atoms with Gasteiger partial charge in [-0.15, -0.1) is 0 Å². The van der Waals surface area contributed by atoms with Crippen molar-refractivity contribution < 1.29 is 33.4 Å². The molecule has 4 rings (SSSR count). The van der Waals surface area contributed by atoms with Crippen LogP contribution in [0.3, 0.4) is 0 Å². The number of methoxy groups -OCH3 is 1. The van der Waals surface area contributed by atoms with Gasteiger partial charge in [0.1, 0.15) is 11.2 Å². The van der Waals surface area contributed by atoms with Gasteiger partial charge in [0.05, 0.1) is 32.8 Å². The van der Waals surface area contributed by atoms with Crippen molar-refractivity contribution in [2.24, 2.45) is 11.3 Å². The fourth-order valence-corrected chi connectivity index (χ4v) is 5.76. The van der Waals surface area contributed by atoms with Gasteiger partial charge in [0.2, 0.25) is 11.8 Å². The highest BCUT2D eigenvalue weighted by molar-refractivity contribution is 5.99. The molecule has 0 saturated carbocycles. The summed E-state index contributed by atoms with van der Waals surface area (Å²) in [4.78, 5) is 57.9. The quantitative estimate of drug-likeness (QED) is 0.479. The number of benzene rings is 1. The number of hydrogen-bond donors (Lipinski definition) is 0. The molecule has 2 fully saturated rings. The van der Waals surface area contributed by atoms with E-state index in [2.05, 4.69) is 0 Å². The van der Waals surface area contributed by atoms with E-state index < -0.39 is 23.4 Å². The molecule has 0 aromatic heterocycles. The Labute approximate surface area is 223 Å². The van der Waals surface area contributed by atoms with Crippen molar-refractivity contribution in [2.75, 3.05) is 46.5 Å². The molecule has 10 heteroatoms. The minimum Gasteiger partial charge on any atom is -0.497 e. The maximum atomic E-state index is 14.0. The molecule has 2 atom stereocenters. The fourth-order valence-electron chi connectivity index (χ4n) is 5.76. The van der Waals surface area contributed by atoms with Crippen LogP contribution in [0, 0.1) is 11.3 Å². The van der Waals surface area contributed by atoms with E-state index in [0.29, 0.717) is 57.2 Å². The molecule has 2 saturated heterocycles. The van der Waals surface area contributed by atoms with Crippen molar-refractivity contribution in [1.29, 1.82) is 0 Å². The van der Waals surface area contributed by atoms with Crippen molar-refractivity contribution in [1.82, 2.24) is 14.7 Å². The number of rotatable bonds is 8. The number of nitrogens with zero attached hydrogens (tertiary/aromatic N) is 3. The SMILES string of the molecule is CCOC(=O)N1CCN(C(=O)C[C@H]2C(=O)N(Cc3ccc(OC)cc3)C3=CCCC[C@@]32C(=O)OCC)CC1. The van der Waals surface area contributed by atoms with Gasteiger partial charge in [-0.3, -0.25) is 14.4 Å². The van der Waals surface area contributed by atoms with Gasteiger partial charge in [-0.25, -0.2) is 4.79 Å². The molecule has 2 heterocycles. The summed E-state index contributed by atoms with van der Waals surface area (Å²) in [5, 5.41) is 0. The first-order valence-corrected chi connectivity index (χ1v) is 13.4. The van der Waals surface area contributed by atoms with E-state index in [1.54, 1.807) is 35.7 Å². The molecule has 3 aliphatic rings. The average molecular weight is 528 g/mol. The number of fused-ring (bicyclic) bond motifs is 1. The second-order valence-corrected chi connectivity index (χ2v) is 9.77. The summed E-state index contributed by atoms with van der Waals surface area (Å²) >= 11 is 0. The number of hydrogen-bond acceptors (Lipinski definition) is 7. The molecule has 0 spiro atoms. The first-order valence-electron chi connectivity index (χ1n) is 13.4. The molecule has 10 nitrogen and oxygen atoms in total. The lowest BCUT2D eigenvalue weighted by Gasteiger charge is -2.37. The lowest BCUT2D eigenvalue weighted by atomic mass is 9.68. The number of allylic oxidation sites excluding steroid dienone is 1. The number of likely N-dealkylation sites (tertiary alicyclic amines) is 1. The number of esters is 1. The van der Waals surface area contributed by atoms with Crippen LogP contribution >= 0.6 is 0 Å². The van der Waals surface area contributed by atoms with Crippen LogP contribution in [0.15, 0.2) is 36.0 Å². The van der Waals surface area contributed by atoms with Gasteiger partial charge in [0.15, 0.2) is 0 Å². The second kappa shape index (κ2) is 11.9. The van der Waals surface area contributed by atoms with Crippen molar-refractivity contribution in [3.63, 3.8) is 0 Å². The maximum Gasteiger partial charge on any atom is 0.409 e. The molecule has 0 unspecified atom stereocenters. The maximum absolute atomic E-state index is 14.0. The lowest BCUT2D eigenvalue weighted by Crippen LogP contribution is -2.52. The van der Waals surface area contributed by atoms with Crippen molar-refractivity contribution >= 4 is 23.9 Å². The highest BCUT2D eigenvalue weighted by Crippen LogP contribution is 2.54. The van der Waals surface area contributed by atoms with E-state index in [0.717, 1.165) is 18.4 Å². The van der Waals surface area contributed by atoms with Gasteiger partial charge in [-0.2, -0.15) is 0 Å². The topological polar surface area (TPSA) is 106 Å². The molecule has 0 radical (unpaired) electrons. The summed E-state index contributed by atoms with van der Waals surface area (Å²) in [7, 11) is 1.60. The molecule has 1 aliphatic carbocycles. The molecule has 2 aliphatic heterocycles. The lowest BCUT2D eigenvalue weighted by molar-refractivity contribution is -0.158. The minimum atomic E-state index is -1.18. The molecular weight excluding hydrogens is 490 g/mol. The summed E-state index contributed by atoms with van der Waals surface area (Å²) in [6, 6.07) is 7.45. The molecular formula is C28H37N3O7. The van der Waals surface area contributed by atoms with Crippen molar-refractivity contribution in [3.05, 3.63) is 41.6 Å². The predicted octanol–water partition coefficient (Wildman–Crippen LogP) is 2.96. The van der Waals surface area contributed by atoms with Gasteiger partial charge in [0.25, 0.3) is 0 Å². The zero-order valence-electron chi connectivity index (χ0n) is 22.4. The molecule has 0 N–H and O–H groups in total. The molecule has 1 aromatic carbocycles. The van der Waals surface area contributed by atoms with E-state index in [4.69, 9.17) is 14.2 Å². The van der Waals surface area contributed by atoms with E-state index in [1.807, 2.05) is 30.3 Å². The second-order valence-electron chi connectivity index (χ2n) is 9.77. The number of ether oxygens (including phenoxy) is 3. The number of carbonyl (C=O) groups excluding carboxylic acids is 4. The van der Waals surface area contributed by atoms with Gasteiger partial charge < -0.3 is 28.9 Å². The first kappa shape index (κ1) is 27.5. The molecule has 38 heavy (non-hydrogen) atoms. The van der Waals surface area contributed by atoms with Gasteiger partial charge in [-0.05, 0) is 50.8 Å². The standard InChI is InChI=1S/C28H37N3O7/c1-4-37-26(34)28-13-7-6-8-23(28)31(19-20-9-11-21(36-3)12-10-20)25(33)22(28)18-24(32)29-14-16-30(17-15-29)27(35)38-5-2/h8-12,22H,4-7,13-19H2,1-3H3/t22-,28-/m0/s1. The first-order chi connectivity index (χ1) is 18.3. The Morgan fingerprint density at radius 2 is 1.63 bits per heavy atom. The Morgan fingerprint density at radius 1 is 0.974 bits per heavy atom. The average Bonchev–Trinajstić information content (AvgIpc) is 3.17. The number of piperazine rings is 1. The Morgan fingerprint density at radius 3 is 2.26 bits per heavy atom. The zero-order chi connectivity index (χ0) is 27.3. The van der Waals surface area contributed by atoms with Crippen molar-refractivity contribution in [2.45, 2.75) is 46.1 Å². The van der Waals surface area contributed by atoms with Crippen LogP contribution in [-0.2, 0) is 30.4 Å². The fraction of sp³-hybridized carbons (Fsp3) is 0.571. The number of amides is 3. The van der Waals surface area contributed by atoms with Gasteiger partial charge >= 0.3 is 12.1 Å². The third-order valence-electron chi connectivity index (χ3n) is 7.70. The van der Waals surface area contributed by atoms with Crippen molar-refractivity contribution in [3.8, 4) is 5.75 Å². The van der Waals surface area contributed by atoms with Crippen LogP contribution in [0.2, 0.25) is 0 Å². The molecule has 0 bridgehead atoms. The van der Waals surface area contributed by atoms with E-state index >= 15 is 0 Å². The van der Waals surface area contributed by atoms with Gasteiger partial charge in [-0.1, -0.05) is 18.2 Å². The van der Waals surface area contributed by atoms with Crippen LogP contribution in [-0.4, -0.2) is 85.1 Å². The summed E-state index contributed by atoms with van der Waals surface area (Å²) in [6.07, 6.45) is 3.42. The number of carbonyl (C=O) groups is 4. The van der Waals surface area contributed by atoms with Crippen LogP contribution < -0.4 is 4.74 Å². The normalized spacial score (nSPS) is 23.0. The summed E-state index contributed by atoms with van der Waals surface area (Å²) in [5.74, 6) is -1.01. The third-order valence-corrected chi connectivity index (χ3v) is 7.70. The monoisotopic (exact) mass is 527 g/mol. The minimum absolute atomic E-state index is 0.0898. The zero-order valence-corrected chi connectivity index (χ0v) is 22.4. The van der Waals surface area contributed by atoms with E-state index in [1.165, 1.54) is 0 Å². The largest absolute Gasteiger partial charge is 0.497 e. The van der Waals surface area contributed by atoms with E-state index in [-0.39, 0.29) is 24.8 Å². The molecule has 3 amide bonds. The van der Waals surface area contributed by atoms with Crippen LogP contribution in [0.5, 0.6) is 5.75 Å². The Kier molecular flexibility index (Phi) is 8.58. The molecule has 1 aromatic rings. The Balaban J connectivity index is 1.57. The van der Waals surface area contributed by atoms with Gasteiger partial charge in [0, 0.05) is 38.3 Å². The summed E-state index contributed by atoms with van der Waals surface area (Å²) < 4.78 is 15.8. The summed E-state index contributed by atoms with van der Waals surface area (Å²) in [5.41, 5.74) is 0.360. The smallest absolute Gasteiger partial charge is 0.409 e. The Bertz CT molecular complexity index is 1080. The highest BCUT2D eigenvalue weighted by atomic mass is 16.6. The molecule has 206 valence electrons. The predicted molar refractivity (Wildman–Crippen MR) is 138 cm³/mol. The van der Waals surface area contributed by atoms with Crippen LogP contribution in [0.1, 0.15) is 45.1 Å². The Hall–Kier alpha value is -3.56. The third kappa shape index (κ3) is 5.21. The van der Waals surface area contributed by atoms with Crippen LogP contribution in [0.25, 0.3) is 0 Å². The summed E-state index contributed by atoms with van der Waals surface area (Å²) in [6.45, 7) is 5.70. The van der Waals surface area contributed by atoms with Crippen LogP contribution in [0.4, 0.5) is 4.79 Å². The van der Waals surface area contributed by atoms with E-state index in [9.17, 15) is 19.2 Å². The highest BCUT2D eigenvalue weighted by Gasteiger charge is 2.62.